The first-order valence-electron chi connectivity index (χ1n) is 9.50. The lowest BCUT2D eigenvalue weighted by atomic mass is 9.88. The van der Waals surface area contributed by atoms with Gasteiger partial charge in [-0.05, 0) is 56.4 Å². The first kappa shape index (κ1) is 19.3. The van der Waals surface area contributed by atoms with Gasteiger partial charge in [-0.1, -0.05) is 11.6 Å². The number of Topliss-reactive ketones (excluding diaryl/α,β-unsaturated/α-hetero) is 1. The van der Waals surface area contributed by atoms with Crippen LogP contribution in [0.1, 0.15) is 48.0 Å². The van der Waals surface area contributed by atoms with E-state index in [0.717, 1.165) is 56.5 Å². The molecule has 0 unspecified atom stereocenters. The van der Waals surface area contributed by atoms with E-state index in [1.54, 1.807) is 12.1 Å². The quantitative estimate of drug-likeness (QED) is 0.736. The second kappa shape index (κ2) is 8.98. The Kier molecular flexibility index (Phi) is 6.68. The Balaban J connectivity index is 1.56. The minimum atomic E-state index is -0.126. The van der Waals surface area contributed by atoms with E-state index in [4.69, 9.17) is 16.4 Å². The van der Waals surface area contributed by atoms with Gasteiger partial charge >= 0.3 is 0 Å². The van der Waals surface area contributed by atoms with Crippen molar-refractivity contribution in [3.8, 4) is 0 Å². The number of piperidine rings is 1. The number of hydrogen-bond acceptors (Lipinski definition) is 4. The number of hydrogen-bond donors (Lipinski definition) is 0. The summed E-state index contributed by atoms with van der Waals surface area (Å²) in [6.45, 7) is 5.43. The molecule has 0 N–H and O–H groups in total. The molecule has 0 radical (unpaired) electrons. The summed E-state index contributed by atoms with van der Waals surface area (Å²) >= 11 is 5.99. The number of carbonyl (C=O) groups is 2. The minimum absolute atomic E-state index is 0.115. The van der Waals surface area contributed by atoms with Crippen LogP contribution in [-0.4, -0.2) is 54.4 Å². The molecule has 1 atom stereocenters. The Hall–Kier alpha value is -1.43. The highest BCUT2D eigenvalue weighted by atomic mass is 35.5. The van der Waals surface area contributed by atoms with Crippen molar-refractivity contribution in [2.45, 2.75) is 39.0 Å². The van der Waals surface area contributed by atoms with Gasteiger partial charge in [0, 0.05) is 49.1 Å². The SMILES string of the molecule is Cc1cc(Cl)ccc1C(=O)[C@@H]1CCCN(C(=O)CCN2CCCCO2)C1. The van der Waals surface area contributed by atoms with Crippen LogP contribution in [-0.2, 0) is 9.63 Å². The second-order valence-corrected chi connectivity index (χ2v) is 7.66. The molecule has 142 valence electrons. The van der Waals surface area contributed by atoms with Crippen LogP contribution in [0.25, 0.3) is 0 Å². The predicted octanol–water partition coefficient (Wildman–Crippen LogP) is 3.49. The molecule has 6 heteroatoms. The van der Waals surface area contributed by atoms with E-state index in [2.05, 4.69) is 0 Å². The summed E-state index contributed by atoms with van der Waals surface area (Å²) in [7, 11) is 0. The van der Waals surface area contributed by atoms with Crippen molar-refractivity contribution in [3.05, 3.63) is 34.3 Å². The number of hydroxylamine groups is 2. The molecule has 2 aliphatic rings. The van der Waals surface area contributed by atoms with Crippen molar-refractivity contribution in [3.63, 3.8) is 0 Å². The Morgan fingerprint density at radius 2 is 2.08 bits per heavy atom. The second-order valence-electron chi connectivity index (χ2n) is 7.22. The lowest BCUT2D eigenvalue weighted by Gasteiger charge is -2.33. The molecule has 0 aromatic heterocycles. The van der Waals surface area contributed by atoms with Crippen LogP contribution in [0.2, 0.25) is 5.02 Å². The van der Waals surface area contributed by atoms with E-state index in [1.807, 2.05) is 23.0 Å². The largest absolute Gasteiger partial charge is 0.342 e. The average Bonchev–Trinajstić information content (AvgIpc) is 2.66. The number of rotatable bonds is 5. The molecule has 1 amide bonds. The van der Waals surface area contributed by atoms with Gasteiger partial charge in [-0.25, -0.2) is 0 Å². The third kappa shape index (κ3) is 4.84. The highest BCUT2D eigenvalue weighted by Crippen LogP contribution is 2.24. The maximum Gasteiger partial charge on any atom is 0.223 e. The number of benzene rings is 1. The van der Waals surface area contributed by atoms with Crippen molar-refractivity contribution in [1.82, 2.24) is 9.96 Å². The van der Waals surface area contributed by atoms with Crippen molar-refractivity contribution >= 4 is 23.3 Å². The fraction of sp³-hybridized carbons (Fsp3) is 0.600. The molecule has 0 saturated carbocycles. The van der Waals surface area contributed by atoms with Gasteiger partial charge < -0.3 is 4.90 Å². The van der Waals surface area contributed by atoms with Crippen molar-refractivity contribution < 1.29 is 14.4 Å². The molecule has 0 aliphatic carbocycles. The molecular weight excluding hydrogens is 352 g/mol. The fourth-order valence-corrected chi connectivity index (χ4v) is 3.97. The highest BCUT2D eigenvalue weighted by Gasteiger charge is 2.29. The van der Waals surface area contributed by atoms with Gasteiger partial charge in [-0.15, -0.1) is 0 Å². The first-order valence-corrected chi connectivity index (χ1v) is 9.88. The van der Waals surface area contributed by atoms with Crippen LogP contribution in [0.15, 0.2) is 18.2 Å². The van der Waals surface area contributed by atoms with Gasteiger partial charge in [0.2, 0.25) is 5.91 Å². The van der Waals surface area contributed by atoms with E-state index in [1.165, 1.54) is 0 Å². The van der Waals surface area contributed by atoms with Gasteiger partial charge in [-0.2, -0.15) is 5.06 Å². The third-order valence-corrected chi connectivity index (χ3v) is 5.48. The molecule has 2 saturated heterocycles. The van der Waals surface area contributed by atoms with Gasteiger partial charge in [0.15, 0.2) is 5.78 Å². The summed E-state index contributed by atoms with van der Waals surface area (Å²) in [4.78, 5) is 32.9. The number of amides is 1. The van der Waals surface area contributed by atoms with Crippen LogP contribution >= 0.6 is 11.6 Å². The van der Waals surface area contributed by atoms with Crippen LogP contribution in [0.3, 0.4) is 0 Å². The van der Waals surface area contributed by atoms with Crippen LogP contribution in [0.5, 0.6) is 0 Å². The standard InChI is InChI=1S/C20H27ClN2O3/c1-15-13-17(21)6-7-18(15)20(25)16-5-4-9-22(14-16)19(24)8-11-23-10-2-3-12-26-23/h6-7,13,16H,2-5,8-12,14H2,1H3/t16-/m1/s1. The van der Waals surface area contributed by atoms with E-state index in [0.29, 0.717) is 24.5 Å². The Labute approximate surface area is 160 Å². The number of carbonyl (C=O) groups excluding carboxylic acids is 2. The maximum atomic E-state index is 12.9. The lowest BCUT2D eigenvalue weighted by Crippen LogP contribution is -2.43. The number of halogens is 1. The van der Waals surface area contributed by atoms with Gasteiger partial charge in [-0.3, -0.25) is 14.4 Å². The smallest absolute Gasteiger partial charge is 0.223 e. The third-order valence-electron chi connectivity index (χ3n) is 5.25. The zero-order chi connectivity index (χ0) is 18.5. The fourth-order valence-electron chi connectivity index (χ4n) is 3.74. The van der Waals surface area contributed by atoms with E-state index < -0.39 is 0 Å². The summed E-state index contributed by atoms with van der Waals surface area (Å²) in [5.41, 5.74) is 1.61. The summed E-state index contributed by atoms with van der Waals surface area (Å²) in [6.07, 6.45) is 4.36. The lowest BCUT2D eigenvalue weighted by molar-refractivity contribution is -0.182. The van der Waals surface area contributed by atoms with Gasteiger partial charge in [0.05, 0.1) is 6.61 Å². The molecule has 2 aliphatic heterocycles. The summed E-state index contributed by atoms with van der Waals surface area (Å²) in [5.74, 6) is 0.111. The monoisotopic (exact) mass is 378 g/mol. The molecular formula is C20H27ClN2O3. The minimum Gasteiger partial charge on any atom is -0.342 e. The van der Waals surface area contributed by atoms with E-state index in [9.17, 15) is 9.59 Å². The number of ketones is 1. The molecule has 2 heterocycles. The van der Waals surface area contributed by atoms with Crippen molar-refractivity contribution in [1.29, 1.82) is 0 Å². The highest BCUT2D eigenvalue weighted by molar-refractivity contribution is 6.30. The summed E-state index contributed by atoms with van der Waals surface area (Å²) in [5, 5.41) is 2.53. The molecule has 2 fully saturated rings. The van der Waals surface area contributed by atoms with Crippen LogP contribution < -0.4 is 0 Å². The zero-order valence-corrected chi connectivity index (χ0v) is 16.1. The Bertz CT molecular complexity index is 658. The molecule has 0 spiro atoms. The maximum absolute atomic E-state index is 12.9. The van der Waals surface area contributed by atoms with Crippen molar-refractivity contribution in [2.75, 3.05) is 32.8 Å². The van der Waals surface area contributed by atoms with Crippen LogP contribution in [0.4, 0.5) is 0 Å². The Morgan fingerprint density at radius 3 is 2.81 bits per heavy atom. The average molecular weight is 379 g/mol. The van der Waals surface area contributed by atoms with Gasteiger partial charge in [0.25, 0.3) is 0 Å². The predicted molar refractivity (Wildman–Crippen MR) is 101 cm³/mol. The summed E-state index contributed by atoms with van der Waals surface area (Å²) in [6, 6.07) is 5.37. The Morgan fingerprint density at radius 1 is 1.23 bits per heavy atom. The summed E-state index contributed by atoms with van der Waals surface area (Å²) < 4.78 is 0. The molecule has 1 aromatic carbocycles. The van der Waals surface area contributed by atoms with E-state index in [-0.39, 0.29) is 17.6 Å². The molecule has 3 rings (SSSR count). The molecule has 26 heavy (non-hydrogen) atoms. The van der Waals surface area contributed by atoms with Crippen molar-refractivity contribution in [2.24, 2.45) is 5.92 Å². The molecule has 1 aromatic rings. The number of nitrogens with zero attached hydrogens (tertiary/aromatic N) is 2. The molecule has 0 bridgehead atoms. The topological polar surface area (TPSA) is 49.9 Å². The zero-order valence-electron chi connectivity index (χ0n) is 15.4. The molecule has 5 nitrogen and oxygen atoms in total. The van der Waals surface area contributed by atoms with E-state index >= 15 is 0 Å². The first-order chi connectivity index (χ1) is 12.5. The van der Waals surface area contributed by atoms with Gasteiger partial charge in [0.1, 0.15) is 0 Å². The van der Waals surface area contributed by atoms with Crippen LogP contribution in [0, 0.1) is 12.8 Å². The number of aryl methyl sites for hydroxylation is 1. The normalized spacial score (nSPS) is 21.6. The number of likely N-dealkylation sites (tertiary alicyclic amines) is 1.